The molecule has 0 spiro atoms. The van der Waals surface area contributed by atoms with Gasteiger partial charge in [0, 0.05) is 25.0 Å². The van der Waals surface area contributed by atoms with Crippen LogP contribution in [0, 0.1) is 17.7 Å². The van der Waals surface area contributed by atoms with Gasteiger partial charge in [-0.25, -0.2) is 4.39 Å². The van der Waals surface area contributed by atoms with Gasteiger partial charge in [-0.05, 0) is 61.6 Å². The van der Waals surface area contributed by atoms with Crippen LogP contribution in [0.1, 0.15) is 57.1 Å². The van der Waals surface area contributed by atoms with Crippen molar-refractivity contribution in [3.05, 3.63) is 35.6 Å². The number of halogens is 1. The van der Waals surface area contributed by atoms with Crippen molar-refractivity contribution in [2.45, 2.75) is 63.6 Å². The van der Waals surface area contributed by atoms with Crippen LogP contribution < -0.4 is 5.32 Å². The Kier molecular flexibility index (Phi) is 4.33. The largest absolute Gasteiger partial charge is 0.335 e. The van der Waals surface area contributed by atoms with Crippen LogP contribution in [0.5, 0.6) is 0 Å². The highest BCUT2D eigenvalue weighted by Crippen LogP contribution is 2.39. The predicted octanol–water partition coefficient (Wildman–Crippen LogP) is 3.66. The number of likely N-dealkylation sites (tertiary alicyclic amines) is 1. The lowest BCUT2D eigenvalue weighted by Crippen LogP contribution is -2.40. The maximum Gasteiger partial charge on any atom is 0.223 e. The van der Waals surface area contributed by atoms with Crippen molar-refractivity contribution in [2.75, 3.05) is 6.54 Å². The second-order valence-corrected chi connectivity index (χ2v) is 8.03. The fourth-order valence-electron chi connectivity index (χ4n) is 5.13. The van der Waals surface area contributed by atoms with Gasteiger partial charge >= 0.3 is 0 Å². The molecule has 4 heteroatoms. The zero-order valence-electron chi connectivity index (χ0n) is 14.4. The summed E-state index contributed by atoms with van der Waals surface area (Å²) in [5.74, 6) is 0.953. The van der Waals surface area contributed by atoms with E-state index in [-0.39, 0.29) is 17.8 Å². The predicted molar refractivity (Wildman–Crippen MR) is 91.9 cm³/mol. The fraction of sp³-hybridized carbons (Fsp3) is 0.650. The number of hydrogen-bond donors (Lipinski definition) is 1. The Balaban J connectivity index is 1.46. The standard InChI is InChI=1S/C20H27FN2O/c1-13-7-8-23(20(13)15-3-2-4-16(21)12-15)19(24)11-14-9-17-5-6-18(10-14)22-17/h2-4,12-14,17-18,20,22H,5-11H2,1H3. The van der Waals surface area contributed by atoms with Crippen LogP contribution in [-0.2, 0) is 4.79 Å². The number of hydrogen-bond acceptors (Lipinski definition) is 2. The van der Waals surface area contributed by atoms with E-state index in [2.05, 4.69) is 12.2 Å². The third kappa shape index (κ3) is 3.08. The molecule has 0 aliphatic carbocycles. The molecule has 1 aromatic rings. The van der Waals surface area contributed by atoms with Gasteiger partial charge < -0.3 is 10.2 Å². The van der Waals surface area contributed by atoms with Gasteiger partial charge in [-0.2, -0.15) is 0 Å². The van der Waals surface area contributed by atoms with Crippen molar-refractivity contribution < 1.29 is 9.18 Å². The van der Waals surface area contributed by atoms with Crippen molar-refractivity contribution in [1.82, 2.24) is 10.2 Å². The first kappa shape index (κ1) is 16.1. The Morgan fingerprint density at radius 3 is 2.71 bits per heavy atom. The van der Waals surface area contributed by atoms with Gasteiger partial charge in [-0.15, -0.1) is 0 Å². The molecule has 1 aromatic carbocycles. The molecular formula is C20H27FN2O. The van der Waals surface area contributed by atoms with Gasteiger partial charge in [-0.3, -0.25) is 4.79 Å². The van der Waals surface area contributed by atoms with E-state index in [1.807, 2.05) is 11.0 Å². The summed E-state index contributed by atoms with van der Waals surface area (Å²) in [6, 6.07) is 8.06. The summed E-state index contributed by atoms with van der Waals surface area (Å²) in [5.41, 5.74) is 0.943. The molecular weight excluding hydrogens is 303 g/mol. The van der Waals surface area contributed by atoms with Crippen LogP contribution in [0.4, 0.5) is 4.39 Å². The molecule has 4 unspecified atom stereocenters. The maximum absolute atomic E-state index is 13.6. The minimum Gasteiger partial charge on any atom is -0.335 e. The van der Waals surface area contributed by atoms with E-state index in [9.17, 15) is 9.18 Å². The van der Waals surface area contributed by atoms with Crippen molar-refractivity contribution in [3.63, 3.8) is 0 Å². The SMILES string of the molecule is CC1CCN(C(=O)CC2CC3CCC(C2)N3)C1c1cccc(F)c1. The number of rotatable bonds is 3. The van der Waals surface area contributed by atoms with E-state index in [0.29, 0.717) is 30.3 Å². The first-order valence-corrected chi connectivity index (χ1v) is 9.41. The highest BCUT2D eigenvalue weighted by Gasteiger charge is 2.39. The minimum atomic E-state index is -0.214. The number of amides is 1. The van der Waals surface area contributed by atoms with E-state index in [1.54, 1.807) is 12.1 Å². The molecule has 1 N–H and O–H groups in total. The highest BCUT2D eigenvalue weighted by atomic mass is 19.1. The molecule has 3 aliphatic heterocycles. The van der Waals surface area contributed by atoms with Crippen LogP contribution >= 0.6 is 0 Å². The number of nitrogens with zero attached hydrogens (tertiary/aromatic N) is 1. The summed E-state index contributed by atoms with van der Waals surface area (Å²) in [7, 11) is 0. The Labute approximate surface area is 143 Å². The molecule has 24 heavy (non-hydrogen) atoms. The molecule has 0 aromatic heterocycles. The number of carbonyl (C=O) groups is 1. The zero-order valence-corrected chi connectivity index (χ0v) is 14.4. The third-order valence-corrected chi connectivity index (χ3v) is 6.24. The van der Waals surface area contributed by atoms with E-state index in [4.69, 9.17) is 0 Å². The summed E-state index contributed by atoms with van der Waals surface area (Å²) in [6.45, 7) is 2.98. The average molecular weight is 330 g/mol. The van der Waals surface area contributed by atoms with Crippen LogP contribution in [0.3, 0.4) is 0 Å². The van der Waals surface area contributed by atoms with Gasteiger partial charge in [0.15, 0.2) is 0 Å². The molecule has 3 fully saturated rings. The molecule has 3 aliphatic rings. The Morgan fingerprint density at radius 2 is 2.00 bits per heavy atom. The van der Waals surface area contributed by atoms with Gasteiger partial charge in [-0.1, -0.05) is 19.1 Å². The number of piperidine rings is 1. The highest BCUT2D eigenvalue weighted by molar-refractivity contribution is 5.77. The van der Waals surface area contributed by atoms with Gasteiger partial charge in [0.25, 0.3) is 0 Å². The fourth-order valence-corrected chi connectivity index (χ4v) is 5.13. The lowest BCUT2D eigenvalue weighted by atomic mass is 9.89. The Morgan fingerprint density at radius 1 is 1.25 bits per heavy atom. The lowest BCUT2D eigenvalue weighted by Gasteiger charge is -2.32. The number of nitrogens with one attached hydrogen (secondary N) is 1. The minimum absolute atomic E-state index is 0.0339. The molecule has 4 rings (SSSR count). The molecule has 130 valence electrons. The topological polar surface area (TPSA) is 32.3 Å². The zero-order chi connectivity index (χ0) is 16.7. The van der Waals surface area contributed by atoms with E-state index in [0.717, 1.165) is 31.4 Å². The number of carbonyl (C=O) groups excluding carboxylic acids is 1. The van der Waals surface area contributed by atoms with Gasteiger partial charge in [0.1, 0.15) is 5.82 Å². The maximum atomic E-state index is 13.6. The molecule has 1 amide bonds. The van der Waals surface area contributed by atoms with Crippen LogP contribution in [0.15, 0.2) is 24.3 Å². The summed E-state index contributed by atoms with van der Waals surface area (Å²) < 4.78 is 13.6. The molecule has 2 bridgehead atoms. The smallest absolute Gasteiger partial charge is 0.223 e. The van der Waals surface area contributed by atoms with Crippen LogP contribution in [0.2, 0.25) is 0 Å². The molecule has 0 radical (unpaired) electrons. The number of benzene rings is 1. The lowest BCUT2D eigenvalue weighted by molar-refractivity contribution is -0.133. The molecule has 3 saturated heterocycles. The van der Waals surface area contributed by atoms with Crippen LogP contribution in [-0.4, -0.2) is 29.4 Å². The quantitative estimate of drug-likeness (QED) is 0.917. The Hall–Kier alpha value is -1.42. The normalized spacial score (nSPS) is 35.4. The average Bonchev–Trinajstić information content (AvgIpc) is 3.10. The van der Waals surface area contributed by atoms with Gasteiger partial charge in [0.2, 0.25) is 5.91 Å². The van der Waals surface area contributed by atoms with Crippen molar-refractivity contribution in [2.24, 2.45) is 11.8 Å². The van der Waals surface area contributed by atoms with Crippen molar-refractivity contribution in [1.29, 1.82) is 0 Å². The summed E-state index contributed by atoms with van der Waals surface area (Å²) in [6.07, 6.45) is 6.47. The van der Waals surface area contributed by atoms with E-state index >= 15 is 0 Å². The molecule has 3 heterocycles. The van der Waals surface area contributed by atoms with Crippen molar-refractivity contribution >= 4 is 5.91 Å². The van der Waals surface area contributed by atoms with Crippen molar-refractivity contribution in [3.8, 4) is 0 Å². The first-order chi connectivity index (χ1) is 11.6. The molecule has 0 saturated carbocycles. The van der Waals surface area contributed by atoms with E-state index in [1.165, 1.54) is 18.9 Å². The first-order valence-electron chi connectivity index (χ1n) is 9.41. The summed E-state index contributed by atoms with van der Waals surface area (Å²) >= 11 is 0. The third-order valence-electron chi connectivity index (χ3n) is 6.24. The monoisotopic (exact) mass is 330 g/mol. The summed E-state index contributed by atoms with van der Waals surface area (Å²) in [5, 5.41) is 3.64. The molecule has 3 nitrogen and oxygen atoms in total. The van der Waals surface area contributed by atoms with E-state index < -0.39 is 0 Å². The number of fused-ring (bicyclic) bond motifs is 2. The van der Waals surface area contributed by atoms with Crippen LogP contribution in [0.25, 0.3) is 0 Å². The van der Waals surface area contributed by atoms with Gasteiger partial charge in [0.05, 0.1) is 6.04 Å². The second-order valence-electron chi connectivity index (χ2n) is 8.03. The Bertz CT molecular complexity index is 607. The summed E-state index contributed by atoms with van der Waals surface area (Å²) in [4.78, 5) is 15.0. The second kappa shape index (κ2) is 6.47. The molecule has 4 atom stereocenters.